The van der Waals surface area contributed by atoms with Crippen molar-refractivity contribution in [3.63, 3.8) is 0 Å². The third-order valence-corrected chi connectivity index (χ3v) is 4.00. The molecule has 2 rings (SSSR count). The number of carbonyl (C=O) groups excluding carboxylic acids is 1. The van der Waals surface area contributed by atoms with Gasteiger partial charge in [-0.15, -0.1) is 11.3 Å². The molecule has 1 fully saturated rings. The van der Waals surface area contributed by atoms with E-state index < -0.39 is 17.3 Å². The molecule has 1 aromatic rings. The van der Waals surface area contributed by atoms with Crippen LogP contribution in [-0.2, 0) is 16.0 Å². The van der Waals surface area contributed by atoms with Crippen molar-refractivity contribution in [3.8, 4) is 0 Å². The van der Waals surface area contributed by atoms with E-state index >= 15 is 0 Å². The van der Waals surface area contributed by atoms with Gasteiger partial charge in [-0.25, -0.2) is 4.98 Å². The van der Waals surface area contributed by atoms with Crippen LogP contribution in [0.5, 0.6) is 0 Å². The van der Waals surface area contributed by atoms with Gasteiger partial charge in [-0.2, -0.15) is 0 Å². The average molecular weight is 268 g/mol. The second kappa shape index (κ2) is 4.68. The van der Waals surface area contributed by atoms with Crippen molar-refractivity contribution < 1.29 is 14.7 Å². The van der Waals surface area contributed by atoms with Gasteiger partial charge in [0.2, 0.25) is 5.91 Å². The second-order valence-corrected chi connectivity index (χ2v) is 6.23. The topological polar surface area (TPSA) is 79.3 Å². The molecule has 1 saturated carbocycles. The highest BCUT2D eigenvalue weighted by atomic mass is 32.1. The number of carboxylic acids is 1. The number of aryl methyl sites for hydroxylation is 1. The van der Waals surface area contributed by atoms with E-state index in [-0.39, 0.29) is 12.5 Å². The van der Waals surface area contributed by atoms with E-state index in [1.54, 1.807) is 6.20 Å². The summed E-state index contributed by atoms with van der Waals surface area (Å²) in [5.74, 6) is -1.49. The van der Waals surface area contributed by atoms with Crippen molar-refractivity contribution in [1.82, 2.24) is 10.3 Å². The van der Waals surface area contributed by atoms with Gasteiger partial charge in [0.1, 0.15) is 5.41 Å². The number of amides is 1. The molecule has 0 aromatic carbocycles. The number of rotatable bonds is 5. The lowest BCUT2D eigenvalue weighted by molar-refractivity contribution is -0.154. The SMILES string of the molecule is Cc1ncc(CC(C)(C(=O)O)C(=O)NC2CC2)s1. The number of carbonyl (C=O) groups is 2. The fourth-order valence-corrected chi connectivity index (χ4v) is 2.61. The lowest BCUT2D eigenvalue weighted by Gasteiger charge is -2.22. The molecule has 1 aromatic heterocycles. The van der Waals surface area contributed by atoms with Crippen LogP contribution in [0.3, 0.4) is 0 Å². The number of carboxylic acid groups (broad SMARTS) is 1. The van der Waals surface area contributed by atoms with Crippen molar-refractivity contribution in [2.45, 2.75) is 39.2 Å². The van der Waals surface area contributed by atoms with Crippen molar-refractivity contribution in [3.05, 3.63) is 16.1 Å². The van der Waals surface area contributed by atoms with E-state index in [1.165, 1.54) is 18.3 Å². The highest BCUT2D eigenvalue weighted by Gasteiger charge is 2.43. The van der Waals surface area contributed by atoms with Crippen LogP contribution >= 0.6 is 11.3 Å². The molecule has 0 bridgehead atoms. The molecule has 98 valence electrons. The maximum Gasteiger partial charge on any atom is 0.319 e. The Labute approximate surface area is 109 Å². The molecule has 1 aliphatic carbocycles. The molecule has 0 spiro atoms. The van der Waals surface area contributed by atoms with Gasteiger partial charge in [0.25, 0.3) is 0 Å². The Hall–Kier alpha value is -1.43. The molecule has 0 aliphatic heterocycles. The summed E-state index contributed by atoms with van der Waals surface area (Å²) in [5, 5.41) is 13.0. The van der Waals surface area contributed by atoms with Crippen molar-refractivity contribution >= 4 is 23.2 Å². The van der Waals surface area contributed by atoms with Crippen molar-refractivity contribution in [2.24, 2.45) is 5.41 Å². The number of thiazole rings is 1. The molecule has 0 radical (unpaired) electrons. The summed E-state index contributed by atoms with van der Waals surface area (Å²) in [6.07, 6.45) is 3.72. The van der Waals surface area contributed by atoms with Gasteiger partial charge in [-0.1, -0.05) is 0 Å². The van der Waals surface area contributed by atoms with E-state index in [0.29, 0.717) is 0 Å². The predicted octanol–water partition coefficient (Wildman–Crippen LogP) is 1.36. The first-order valence-electron chi connectivity index (χ1n) is 5.87. The van der Waals surface area contributed by atoms with Crippen LogP contribution in [0.2, 0.25) is 0 Å². The zero-order valence-electron chi connectivity index (χ0n) is 10.4. The number of hydrogen-bond acceptors (Lipinski definition) is 4. The van der Waals surface area contributed by atoms with Gasteiger partial charge in [-0.05, 0) is 26.7 Å². The van der Waals surface area contributed by atoms with E-state index in [2.05, 4.69) is 10.3 Å². The van der Waals surface area contributed by atoms with Crippen molar-refractivity contribution in [1.29, 1.82) is 0 Å². The molecule has 2 N–H and O–H groups in total. The smallest absolute Gasteiger partial charge is 0.319 e. The summed E-state index contributed by atoms with van der Waals surface area (Å²) in [7, 11) is 0. The summed E-state index contributed by atoms with van der Waals surface area (Å²) >= 11 is 1.43. The Kier molecular flexibility index (Phi) is 3.38. The molecule has 18 heavy (non-hydrogen) atoms. The third kappa shape index (κ3) is 2.69. The van der Waals surface area contributed by atoms with Crippen LogP contribution < -0.4 is 5.32 Å². The predicted molar refractivity (Wildman–Crippen MR) is 67.5 cm³/mol. The number of nitrogens with one attached hydrogen (secondary N) is 1. The highest BCUT2D eigenvalue weighted by Crippen LogP contribution is 2.28. The van der Waals surface area contributed by atoms with E-state index in [1.807, 2.05) is 6.92 Å². The molecule has 1 aliphatic rings. The maximum absolute atomic E-state index is 12.1. The summed E-state index contributed by atoms with van der Waals surface area (Å²) < 4.78 is 0. The van der Waals surface area contributed by atoms with Gasteiger partial charge in [-0.3, -0.25) is 9.59 Å². The number of nitrogens with zero attached hydrogens (tertiary/aromatic N) is 1. The lowest BCUT2D eigenvalue weighted by atomic mass is 9.85. The second-order valence-electron chi connectivity index (χ2n) is 4.91. The van der Waals surface area contributed by atoms with E-state index in [9.17, 15) is 14.7 Å². The minimum Gasteiger partial charge on any atom is -0.480 e. The van der Waals surface area contributed by atoms with Gasteiger partial charge in [0.05, 0.1) is 5.01 Å². The van der Waals surface area contributed by atoms with Crippen LogP contribution in [0.4, 0.5) is 0 Å². The Bertz CT molecular complexity index is 481. The molecule has 5 nitrogen and oxygen atoms in total. The van der Waals surface area contributed by atoms with Crippen LogP contribution in [-0.4, -0.2) is 28.0 Å². The standard InChI is InChI=1S/C12H16N2O3S/c1-7-13-6-9(18-7)5-12(2,11(16)17)10(15)14-8-3-4-8/h6,8H,3-5H2,1-2H3,(H,14,15)(H,16,17). The maximum atomic E-state index is 12.1. The molecular weight excluding hydrogens is 252 g/mol. The fraction of sp³-hybridized carbons (Fsp3) is 0.583. The largest absolute Gasteiger partial charge is 0.480 e. The minimum atomic E-state index is -1.42. The molecule has 1 heterocycles. The molecule has 1 amide bonds. The van der Waals surface area contributed by atoms with Crippen LogP contribution in [0.15, 0.2) is 6.20 Å². The molecule has 1 unspecified atom stereocenters. The number of hydrogen-bond donors (Lipinski definition) is 2. The zero-order chi connectivity index (χ0) is 13.3. The summed E-state index contributed by atoms with van der Waals surface area (Å²) in [5.41, 5.74) is -1.42. The van der Waals surface area contributed by atoms with E-state index in [0.717, 1.165) is 22.7 Å². The van der Waals surface area contributed by atoms with Crippen LogP contribution in [0.25, 0.3) is 0 Å². The first-order valence-corrected chi connectivity index (χ1v) is 6.69. The Morgan fingerprint density at radius 1 is 1.61 bits per heavy atom. The van der Waals surface area contributed by atoms with Crippen LogP contribution in [0.1, 0.15) is 29.7 Å². The molecule has 6 heteroatoms. The third-order valence-electron chi connectivity index (χ3n) is 3.08. The van der Waals surface area contributed by atoms with E-state index in [4.69, 9.17) is 0 Å². The summed E-state index contributed by atoms with van der Waals surface area (Å²) in [4.78, 5) is 28.4. The first-order chi connectivity index (χ1) is 8.41. The van der Waals surface area contributed by atoms with Gasteiger partial charge < -0.3 is 10.4 Å². The van der Waals surface area contributed by atoms with Gasteiger partial charge in [0, 0.05) is 23.5 Å². The molecule has 1 atom stereocenters. The number of aromatic nitrogens is 1. The van der Waals surface area contributed by atoms with Gasteiger partial charge in [0.15, 0.2) is 0 Å². The monoisotopic (exact) mass is 268 g/mol. The lowest BCUT2D eigenvalue weighted by Crippen LogP contribution is -2.46. The normalized spacial score (nSPS) is 18.1. The Morgan fingerprint density at radius 3 is 2.72 bits per heavy atom. The Balaban J connectivity index is 2.14. The van der Waals surface area contributed by atoms with Gasteiger partial charge >= 0.3 is 5.97 Å². The van der Waals surface area contributed by atoms with Crippen LogP contribution in [0, 0.1) is 12.3 Å². The Morgan fingerprint density at radius 2 is 2.28 bits per heavy atom. The average Bonchev–Trinajstić information content (AvgIpc) is 3.01. The summed E-state index contributed by atoms with van der Waals surface area (Å²) in [6, 6.07) is 0.166. The fourth-order valence-electron chi connectivity index (χ4n) is 1.66. The van der Waals surface area contributed by atoms with Crippen molar-refractivity contribution in [2.75, 3.05) is 0 Å². The molecular formula is C12H16N2O3S. The quantitative estimate of drug-likeness (QED) is 0.790. The molecule has 0 saturated heterocycles. The first kappa shape index (κ1) is 13.0. The number of aliphatic carboxylic acids is 1. The highest BCUT2D eigenvalue weighted by molar-refractivity contribution is 7.11. The zero-order valence-corrected chi connectivity index (χ0v) is 11.2. The minimum absolute atomic E-state index is 0.166. The summed E-state index contributed by atoms with van der Waals surface area (Å²) in [6.45, 7) is 3.33.